The highest BCUT2D eigenvalue weighted by Gasteiger charge is 2.20. The molecule has 2 fully saturated rings. The average molecular weight is 186 g/mol. The first-order chi connectivity index (χ1) is 6.30. The van der Waals surface area contributed by atoms with Crippen molar-refractivity contribution >= 4 is 5.97 Å². The van der Waals surface area contributed by atoms with Crippen LogP contribution in [0, 0.1) is 0 Å². The summed E-state index contributed by atoms with van der Waals surface area (Å²) < 4.78 is 0. The number of hydrogen-bond acceptors (Lipinski definition) is 3. The van der Waals surface area contributed by atoms with Crippen LogP contribution in [0.25, 0.3) is 0 Å². The summed E-state index contributed by atoms with van der Waals surface area (Å²) in [6.07, 6.45) is 4.56. The summed E-state index contributed by atoms with van der Waals surface area (Å²) in [6, 6.07) is -0.269. The molecule has 2 aliphatic rings. The molecular formula is C9H18N2O2. The lowest BCUT2D eigenvalue weighted by Crippen LogP contribution is -2.29. The number of carboxylic acid groups (broad SMARTS) is 1. The van der Waals surface area contributed by atoms with E-state index in [1.54, 1.807) is 0 Å². The standard InChI is InChI=1S/C5H9NO2.C4H9N/c7-5(8)4-2-1-3-6-4;1-2-4-5-3-1/h4,6H,1-3H2,(H,7,8);5H,1-4H2. The van der Waals surface area contributed by atoms with Gasteiger partial charge in [0.1, 0.15) is 6.04 Å². The molecule has 0 saturated carbocycles. The first-order valence-electron chi connectivity index (χ1n) is 4.97. The summed E-state index contributed by atoms with van der Waals surface area (Å²) in [5.74, 6) is -0.720. The van der Waals surface area contributed by atoms with E-state index in [1.165, 1.54) is 25.9 Å². The van der Waals surface area contributed by atoms with E-state index in [2.05, 4.69) is 10.6 Å². The quantitative estimate of drug-likeness (QED) is 0.547. The van der Waals surface area contributed by atoms with E-state index >= 15 is 0 Å². The van der Waals surface area contributed by atoms with Gasteiger partial charge in [0.15, 0.2) is 0 Å². The van der Waals surface area contributed by atoms with Crippen LogP contribution < -0.4 is 10.6 Å². The van der Waals surface area contributed by atoms with Crippen molar-refractivity contribution in [3.05, 3.63) is 0 Å². The lowest BCUT2D eigenvalue weighted by molar-refractivity contribution is -0.139. The second kappa shape index (κ2) is 5.94. The second-order valence-electron chi connectivity index (χ2n) is 3.44. The van der Waals surface area contributed by atoms with Crippen LogP contribution in [-0.4, -0.2) is 36.8 Å². The van der Waals surface area contributed by atoms with Crippen molar-refractivity contribution in [2.75, 3.05) is 19.6 Å². The predicted molar refractivity (Wildman–Crippen MR) is 50.8 cm³/mol. The minimum atomic E-state index is -0.720. The van der Waals surface area contributed by atoms with Crippen LogP contribution in [0.3, 0.4) is 0 Å². The zero-order chi connectivity index (χ0) is 9.52. The van der Waals surface area contributed by atoms with Crippen LogP contribution in [0.4, 0.5) is 0 Å². The molecule has 2 saturated heterocycles. The van der Waals surface area contributed by atoms with Gasteiger partial charge >= 0.3 is 5.97 Å². The van der Waals surface area contributed by atoms with Crippen molar-refractivity contribution < 1.29 is 9.90 Å². The molecule has 0 aromatic carbocycles. The maximum absolute atomic E-state index is 10.1. The highest BCUT2D eigenvalue weighted by atomic mass is 16.4. The Labute approximate surface area is 78.7 Å². The monoisotopic (exact) mass is 186 g/mol. The van der Waals surface area contributed by atoms with Gasteiger partial charge in [-0.05, 0) is 45.3 Å². The minimum absolute atomic E-state index is 0.269. The fourth-order valence-electron chi connectivity index (χ4n) is 1.52. The Morgan fingerprint density at radius 1 is 1.15 bits per heavy atom. The van der Waals surface area contributed by atoms with E-state index in [4.69, 9.17) is 5.11 Å². The molecule has 2 aliphatic heterocycles. The maximum Gasteiger partial charge on any atom is 0.320 e. The van der Waals surface area contributed by atoms with E-state index in [1.807, 2.05) is 0 Å². The number of rotatable bonds is 1. The summed E-state index contributed by atoms with van der Waals surface area (Å²) in [5, 5.41) is 14.4. The molecule has 1 unspecified atom stereocenters. The summed E-state index contributed by atoms with van der Waals surface area (Å²) in [5.41, 5.74) is 0. The number of carboxylic acids is 1. The molecule has 0 aliphatic carbocycles. The van der Waals surface area contributed by atoms with Gasteiger partial charge in [-0.25, -0.2) is 0 Å². The number of hydrogen-bond donors (Lipinski definition) is 3. The molecule has 4 heteroatoms. The zero-order valence-corrected chi connectivity index (χ0v) is 7.88. The highest BCUT2D eigenvalue weighted by molar-refractivity contribution is 5.73. The molecule has 0 radical (unpaired) electrons. The number of nitrogens with one attached hydrogen (secondary N) is 2. The van der Waals surface area contributed by atoms with E-state index < -0.39 is 5.97 Å². The first kappa shape index (κ1) is 10.5. The molecule has 76 valence electrons. The maximum atomic E-state index is 10.1. The third kappa shape index (κ3) is 4.24. The molecule has 0 aromatic rings. The number of aliphatic carboxylic acids is 1. The Morgan fingerprint density at radius 2 is 1.85 bits per heavy atom. The van der Waals surface area contributed by atoms with Crippen LogP contribution in [0.5, 0.6) is 0 Å². The van der Waals surface area contributed by atoms with Gasteiger partial charge in [0.2, 0.25) is 0 Å². The summed E-state index contributed by atoms with van der Waals surface area (Å²) in [6.45, 7) is 3.36. The summed E-state index contributed by atoms with van der Waals surface area (Å²) in [4.78, 5) is 10.1. The molecular weight excluding hydrogens is 168 g/mol. The number of carbonyl (C=O) groups is 1. The normalized spacial score (nSPS) is 26.6. The van der Waals surface area contributed by atoms with Crippen LogP contribution in [0.15, 0.2) is 0 Å². The van der Waals surface area contributed by atoms with E-state index in [9.17, 15) is 4.79 Å². The Morgan fingerprint density at radius 3 is 2.08 bits per heavy atom. The molecule has 0 aromatic heterocycles. The Hall–Kier alpha value is -0.610. The second-order valence-corrected chi connectivity index (χ2v) is 3.44. The van der Waals surface area contributed by atoms with Crippen molar-refractivity contribution in [1.82, 2.24) is 10.6 Å². The van der Waals surface area contributed by atoms with Gasteiger partial charge in [-0.15, -0.1) is 0 Å². The van der Waals surface area contributed by atoms with Crippen molar-refractivity contribution in [3.63, 3.8) is 0 Å². The lowest BCUT2D eigenvalue weighted by Gasteiger charge is -1.99. The molecule has 13 heavy (non-hydrogen) atoms. The van der Waals surface area contributed by atoms with E-state index in [0.717, 1.165) is 19.4 Å². The molecule has 3 N–H and O–H groups in total. The van der Waals surface area contributed by atoms with Gasteiger partial charge in [-0.1, -0.05) is 0 Å². The van der Waals surface area contributed by atoms with Gasteiger partial charge < -0.3 is 15.7 Å². The van der Waals surface area contributed by atoms with Crippen molar-refractivity contribution in [2.45, 2.75) is 31.7 Å². The Bertz CT molecular complexity index is 144. The zero-order valence-electron chi connectivity index (χ0n) is 7.88. The van der Waals surface area contributed by atoms with Crippen LogP contribution in [-0.2, 0) is 4.79 Å². The highest BCUT2D eigenvalue weighted by Crippen LogP contribution is 2.03. The molecule has 0 spiro atoms. The third-order valence-corrected chi connectivity index (χ3v) is 2.32. The van der Waals surface area contributed by atoms with Crippen molar-refractivity contribution in [3.8, 4) is 0 Å². The van der Waals surface area contributed by atoms with Gasteiger partial charge in [-0.2, -0.15) is 0 Å². The van der Waals surface area contributed by atoms with E-state index in [-0.39, 0.29) is 6.04 Å². The molecule has 0 bridgehead atoms. The Balaban J connectivity index is 0.000000145. The van der Waals surface area contributed by atoms with Gasteiger partial charge in [0.25, 0.3) is 0 Å². The molecule has 4 nitrogen and oxygen atoms in total. The first-order valence-corrected chi connectivity index (χ1v) is 4.97. The topological polar surface area (TPSA) is 61.4 Å². The van der Waals surface area contributed by atoms with Crippen molar-refractivity contribution in [1.29, 1.82) is 0 Å². The van der Waals surface area contributed by atoms with E-state index in [0.29, 0.717) is 0 Å². The smallest absolute Gasteiger partial charge is 0.320 e. The minimum Gasteiger partial charge on any atom is -0.480 e. The van der Waals surface area contributed by atoms with Crippen LogP contribution >= 0.6 is 0 Å². The molecule has 0 amide bonds. The fourth-order valence-corrected chi connectivity index (χ4v) is 1.52. The molecule has 2 heterocycles. The van der Waals surface area contributed by atoms with Crippen LogP contribution in [0.1, 0.15) is 25.7 Å². The Kier molecular flexibility index (Phi) is 4.78. The lowest BCUT2D eigenvalue weighted by atomic mass is 10.2. The van der Waals surface area contributed by atoms with Gasteiger partial charge in [0, 0.05) is 0 Å². The van der Waals surface area contributed by atoms with Gasteiger partial charge in [0.05, 0.1) is 0 Å². The van der Waals surface area contributed by atoms with Crippen LogP contribution in [0.2, 0.25) is 0 Å². The predicted octanol–water partition coefficient (Wildman–Crippen LogP) is 0.193. The average Bonchev–Trinajstić information content (AvgIpc) is 2.82. The molecule has 1 atom stereocenters. The SMILES string of the molecule is C1CCNC1.O=C(O)C1CCCN1. The summed E-state index contributed by atoms with van der Waals surface area (Å²) >= 11 is 0. The summed E-state index contributed by atoms with van der Waals surface area (Å²) in [7, 11) is 0. The largest absolute Gasteiger partial charge is 0.480 e. The molecule has 2 rings (SSSR count). The van der Waals surface area contributed by atoms with Gasteiger partial charge in [-0.3, -0.25) is 4.79 Å². The van der Waals surface area contributed by atoms with Crippen molar-refractivity contribution in [2.24, 2.45) is 0 Å². The fraction of sp³-hybridized carbons (Fsp3) is 0.889. The third-order valence-electron chi connectivity index (χ3n) is 2.32.